The molecule has 7 heteroatoms. The van der Waals surface area contributed by atoms with Crippen LogP contribution in [0.15, 0.2) is 42.0 Å². The van der Waals surface area contributed by atoms with Crippen molar-refractivity contribution in [1.82, 2.24) is 9.88 Å². The number of thiophene rings is 1. The SMILES string of the molecule is O=C1CO[C@@]2(COCCN(Cc3cccs3)C2)CN1c1cccnc1. The number of carbonyl (C=O) groups excluding carboxylic acids is 1. The Morgan fingerprint density at radius 3 is 3.04 bits per heavy atom. The quantitative estimate of drug-likeness (QED) is 0.836. The summed E-state index contributed by atoms with van der Waals surface area (Å²) in [5, 5.41) is 2.10. The Morgan fingerprint density at radius 2 is 2.24 bits per heavy atom. The fourth-order valence-electron chi connectivity index (χ4n) is 3.39. The second kappa shape index (κ2) is 7.21. The number of aromatic nitrogens is 1. The predicted octanol–water partition coefficient (Wildman–Crippen LogP) is 1.78. The van der Waals surface area contributed by atoms with Crippen LogP contribution in [-0.4, -0.2) is 60.8 Å². The molecule has 0 aliphatic carbocycles. The molecule has 0 saturated carbocycles. The Labute approximate surface area is 151 Å². The third-order valence-electron chi connectivity index (χ3n) is 4.60. The lowest BCUT2D eigenvalue weighted by Gasteiger charge is -2.42. The first-order valence-electron chi connectivity index (χ1n) is 8.41. The first-order chi connectivity index (χ1) is 12.2. The van der Waals surface area contributed by atoms with Gasteiger partial charge in [0.25, 0.3) is 5.91 Å². The van der Waals surface area contributed by atoms with Gasteiger partial charge in [0.2, 0.25) is 0 Å². The Bertz CT molecular complexity index is 710. The Kier molecular flexibility index (Phi) is 4.80. The van der Waals surface area contributed by atoms with Crippen molar-refractivity contribution >= 4 is 22.9 Å². The molecule has 2 aliphatic rings. The predicted molar refractivity (Wildman–Crippen MR) is 95.7 cm³/mol. The van der Waals surface area contributed by atoms with Crippen molar-refractivity contribution in [3.8, 4) is 0 Å². The maximum absolute atomic E-state index is 12.4. The maximum atomic E-state index is 12.4. The molecule has 0 unspecified atom stereocenters. The molecule has 0 aromatic carbocycles. The van der Waals surface area contributed by atoms with Gasteiger partial charge < -0.3 is 14.4 Å². The van der Waals surface area contributed by atoms with Crippen LogP contribution < -0.4 is 4.90 Å². The molecule has 0 radical (unpaired) electrons. The number of nitrogens with zero attached hydrogens (tertiary/aromatic N) is 3. The molecule has 2 aliphatic heterocycles. The summed E-state index contributed by atoms with van der Waals surface area (Å²) in [6.07, 6.45) is 3.43. The highest BCUT2D eigenvalue weighted by Gasteiger charge is 2.43. The van der Waals surface area contributed by atoms with E-state index in [1.54, 1.807) is 28.6 Å². The van der Waals surface area contributed by atoms with Gasteiger partial charge in [-0.2, -0.15) is 0 Å². The smallest absolute Gasteiger partial charge is 0.253 e. The monoisotopic (exact) mass is 359 g/mol. The molecule has 1 spiro atoms. The van der Waals surface area contributed by atoms with Crippen LogP contribution in [0, 0.1) is 0 Å². The highest BCUT2D eigenvalue weighted by atomic mass is 32.1. The van der Waals surface area contributed by atoms with Crippen molar-refractivity contribution < 1.29 is 14.3 Å². The lowest BCUT2D eigenvalue weighted by molar-refractivity contribution is -0.146. The second-order valence-corrected chi connectivity index (χ2v) is 7.54. The number of morpholine rings is 1. The molecule has 4 rings (SSSR count). The fourth-order valence-corrected chi connectivity index (χ4v) is 4.13. The summed E-state index contributed by atoms with van der Waals surface area (Å²) in [5.41, 5.74) is 0.307. The zero-order chi connectivity index (χ0) is 17.1. The third kappa shape index (κ3) is 3.74. The summed E-state index contributed by atoms with van der Waals surface area (Å²) in [5.74, 6) is -0.0346. The second-order valence-electron chi connectivity index (χ2n) is 6.51. The van der Waals surface area contributed by atoms with E-state index < -0.39 is 5.60 Å². The van der Waals surface area contributed by atoms with Crippen LogP contribution in [0.4, 0.5) is 5.69 Å². The highest BCUT2D eigenvalue weighted by molar-refractivity contribution is 7.09. The number of pyridine rings is 1. The minimum atomic E-state index is -0.502. The van der Waals surface area contributed by atoms with Gasteiger partial charge >= 0.3 is 0 Å². The normalized spacial score (nSPS) is 25.3. The zero-order valence-electron chi connectivity index (χ0n) is 14.0. The largest absolute Gasteiger partial charge is 0.377 e. The zero-order valence-corrected chi connectivity index (χ0v) is 14.8. The standard InChI is InChI=1S/C18H21N3O3S/c22-17-11-24-18(13-21(17)15-3-1-5-19-9-15)12-20(6-7-23-14-18)10-16-4-2-8-25-16/h1-5,8-9H,6-7,10-14H2/t18-/m1/s1. The molecular weight excluding hydrogens is 338 g/mol. The van der Waals surface area contributed by atoms with E-state index in [4.69, 9.17) is 9.47 Å². The lowest BCUT2D eigenvalue weighted by Crippen LogP contribution is -2.60. The van der Waals surface area contributed by atoms with Crippen molar-refractivity contribution in [1.29, 1.82) is 0 Å². The van der Waals surface area contributed by atoms with E-state index >= 15 is 0 Å². The van der Waals surface area contributed by atoms with E-state index in [-0.39, 0.29) is 12.5 Å². The van der Waals surface area contributed by atoms with Crippen molar-refractivity contribution in [2.24, 2.45) is 0 Å². The molecule has 1 amide bonds. The van der Waals surface area contributed by atoms with E-state index in [1.165, 1.54) is 4.88 Å². The van der Waals surface area contributed by atoms with Crippen LogP contribution in [0.25, 0.3) is 0 Å². The molecule has 0 bridgehead atoms. The fraction of sp³-hybridized carbons (Fsp3) is 0.444. The molecule has 4 heterocycles. The Balaban J connectivity index is 1.53. The Hall–Kier alpha value is -1.80. The topological polar surface area (TPSA) is 54.9 Å². The van der Waals surface area contributed by atoms with Crippen LogP contribution in [0.1, 0.15) is 4.88 Å². The number of hydrogen-bond donors (Lipinski definition) is 0. The molecule has 132 valence electrons. The molecule has 2 aromatic heterocycles. The summed E-state index contributed by atoms with van der Waals surface area (Å²) in [4.78, 5) is 22.0. The first-order valence-corrected chi connectivity index (χ1v) is 9.29. The van der Waals surface area contributed by atoms with Gasteiger partial charge in [-0.05, 0) is 23.6 Å². The van der Waals surface area contributed by atoms with Crippen LogP contribution in [-0.2, 0) is 20.8 Å². The van der Waals surface area contributed by atoms with Gasteiger partial charge in [-0.25, -0.2) is 0 Å². The Morgan fingerprint density at radius 1 is 1.28 bits per heavy atom. The molecule has 6 nitrogen and oxygen atoms in total. The van der Waals surface area contributed by atoms with Crippen molar-refractivity contribution in [3.63, 3.8) is 0 Å². The maximum Gasteiger partial charge on any atom is 0.253 e. The van der Waals surface area contributed by atoms with Gasteiger partial charge in [0, 0.05) is 30.7 Å². The molecule has 25 heavy (non-hydrogen) atoms. The van der Waals surface area contributed by atoms with E-state index in [0.29, 0.717) is 19.8 Å². The number of anilines is 1. The van der Waals surface area contributed by atoms with Gasteiger partial charge in [-0.15, -0.1) is 11.3 Å². The summed E-state index contributed by atoms with van der Waals surface area (Å²) < 4.78 is 11.9. The summed E-state index contributed by atoms with van der Waals surface area (Å²) in [7, 11) is 0. The molecule has 0 N–H and O–H groups in total. The van der Waals surface area contributed by atoms with Crippen LogP contribution in [0.3, 0.4) is 0 Å². The number of ether oxygens (including phenoxy) is 2. The van der Waals surface area contributed by atoms with Gasteiger partial charge in [0.1, 0.15) is 12.2 Å². The number of rotatable bonds is 3. The van der Waals surface area contributed by atoms with Crippen LogP contribution in [0.5, 0.6) is 0 Å². The average Bonchev–Trinajstić information content (AvgIpc) is 3.07. The third-order valence-corrected chi connectivity index (χ3v) is 5.46. The minimum Gasteiger partial charge on any atom is -0.377 e. The number of amides is 1. The van der Waals surface area contributed by atoms with E-state index in [1.807, 2.05) is 12.1 Å². The van der Waals surface area contributed by atoms with Crippen LogP contribution >= 0.6 is 11.3 Å². The molecule has 2 fully saturated rings. The molecular formula is C18H21N3O3S. The summed E-state index contributed by atoms with van der Waals surface area (Å²) >= 11 is 1.76. The van der Waals surface area contributed by atoms with Gasteiger partial charge in [-0.3, -0.25) is 14.7 Å². The van der Waals surface area contributed by atoms with Crippen molar-refractivity contribution in [2.45, 2.75) is 12.1 Å². The lowest BCUT2D eigenvalue weighted by atomic mass is 10.0. The summed E-state index contributed by atoms with van der Waals surface area (Å²) in [6, 6.07) is 7.97. The van der Waals surface area contributed by atoms with Gasteiger partial charge in [0.05, 0.1) is 31.6 Å². The first kappa shape index (κ1) is 16.7. The van der Waals surface area contributed by atoms with Gasteiger partial charge in [-0.1, -0.05) is 6.07 Å². The molecule has 2 aromatic rings. The molecule has 2 saturated heterocycles. The van der Waals surface area contributed by atoms with Crippen molar-refractivity contribution in [2.75, 3.05) is 44.4 Å². The highest BCUT2D eigenvalue weighted by Crippen LogP contribution is 2.27. The number of hydrogen-bond acceptors (Lipinski definition) is 6. The average molecular weight is 359 g/mol. The molecule has 1 atom stereocenters. The summed E-state index contributed by atoms with van der Waals surface area (Å²) in [6.45, 7) is 4.23. The number of carbonyl (C=O) groups is 1. The van der Waals surface area contributed by atoms with Crippen molar-refractivity contribution in [3.05, 3.63) is 46.9 Å². The van der Waals surface area contributed by atoms with Gasteiger partial charge in [0.15, 0.2) is 0 Å². The minimum absolute atomic E-state index is 0.0346. The van der Waals surface area contributed by atoms with E-state index in [0.717, 1.165) is 25.3 Å². The van der Waals surface area contributed by atoms with E-state index in [9.17, 15) is 4.79 Å². The van der Waals surface area contributed by atoms with Crippen LogP contribution in [0.2, 0.25) is 0 Å². The van der Waals surface area contributed by atoms with E-state index in [2.05, 4.69) is 27.4 Å².